The maximum atomic E-state index is 14.7. The van der Waals surface area contributed by atoms with Crippen LogP contribution in [0.25, 0.3) is 22.5 Å². The van der Waals surface area contributed by atoms with Crippen LogP contribution in [0.4, 0.5) is 10.1 Å². The molecule has 2 aromatic carbocycles. The van der Waals surface area contributed by atoms with Gasteiger partial charge in [0.1, 0.15) is 17.3 Å². The van der Waals surface area contributed by atoms with Crippen molar-refractivity contribution in [2.24, 2.45) is 0 Å². The minimum Gasteiger partial charge on any atom is -0.496 e. The number of aliphatic hydroxyl groups is 1. The fourth-order valence-corrected chi connectivity index (χ4v) is 4.74. The van der Waals surface area contributed by atoms with Crippen molar-refractivity contribution in [3.8, 4) is 34.3 Å². The normalized spacial score (nSPS) is 14.9. The van der Waals surface area contributed by atoms with Gasteiger partial charge < -0.3 is 19.5 Å². The van der Waals surface area contributed by atoms with Crippen LogP contribution in [0.5, 0.6) is 5.75 Å². The number of anilines is 1. The number of aromatic nitrogens is 3. The van der Waals surface area contributed by atoms with E-state index in [1.165, 1.54) is 31.5 Å². The highest BCUT2D eigenvalue weighted by Crippen LogP contribution is 2.33. The average molecular weight is 540 g/mol. The van der Waals surface area contributed by atoms with E-state index in [0.29, 0.717) is 30.8 Å². The Hall–Kier alpha value is -4.72. The molecule has 10 heteroatoms. The molecule has 1 N–H and O–H groups in total. The second-order valence-electron chi connectivity index (χ2n) is 9.18. The number of carbonyl (C=O) groups is 1. The van der Waals surface area contributed by atoms with Crippen LogP contribution in [0.3, 0.4) is 0 Å². The molecule has 0 unspecified atom stereocenters. The minimum absolute atomic E-state index is 0.0137. The van der Waals surface area contributed by atoms with Crippen LogP contribution in [-0.4, -0.2) is 65.4 Å². The molecule has 5 rings (SSSR count). The second kappa shape index (κ2) is 12.0. The molecule has 0 aliphatic carbocycles. The van der Waals surface area contributed by atoms with Gasteiger partial charge in [0, 0.05) is 49.4 Å². The number of halogens is 1. The number of Topliss-reactive ketones (excluding diaryl/α,β-unsaturated/α-hetero) is 1. The Morgan fingerprint density at radius 3 is 2.92 bits per heavy atom. The summed E-state index contributed by atoms with van der Waals surface area (Å²) in [4.78, 5) is 28.3. The first kappa shape index (κ1) is 26.9. The first-order valence-electron chi connectivity index (χ1n) is 12.7. The first-order chi connectivity index (χ1) is 19.5. The molecule has 3 heterocycles. The standard InChI is InChI=1S/C30H26FN5O4/c1-39-28-4-2-3-24(31)29(28)30-34-10-8-25(35-30)27(38)14-20-6-5-19(23-16-33-9-7-21(23)15-32)13-26(20)36-11-12-40-22(17-36)18-37/h2-10,13,16,22,37H,11-12,14,17-18H2,1H3/t22-/m0/s1. The third-order valence-corrected chi connectivity index (χ3v) is 6.73. The highest BCUT2D eigenvalue weighted by Gasteiger charge is 2.24. The lowest BCUT2D eigenvalue weighted by atomic mass is 9.96. The second-order valence-corrected chi connectivity index (χ2v) is 9.18. The van der Waals surface area contributed by atoms with Gasteiger partial charge in [0.2, 0.25) is 0 Å². The number of rotatable bonds is 8. The number of nitriles is 1. The third-order valence-electron chi connectivity index (χ3n) is 6.73. The van der Waals surface area contributed by atoms with E-state index in [-0.39, 0.29) is 47.7 Å². The van der Waals surface area contributed by atoms with E-state index in [9.17, 15) is 19.6 Å². The number of nitrogens with zero attached hydrogens (tertiary/aromatic N) is 5. The number of pyridine rings is 1. The van der Waals surface area contributed by atoms with Crippen LogP contribution < -0.4 is 9.64 Å². The number of aliphatic hydroxyl groups excluding tert-OH is 1. The highest BCUT2D eigenvalue weighted by molar-refractivity contribution is 5.97. The van der Waals surface area contributed by atoms with Crippen molar-refractivity contribution in [1.29, 1.82) is 5.26 Å². The molecule has 1 aliphatic heterocycles. The van der Waals surface area contributed by atoms with Gasteiger partial charge in [-0.15, -0.1) is 0 Å². The van der Waals surface area contributed by atoms with E-state index in [1.54, 1.807) is 24.5 Å². The molecule has 9 nitrogen and oxygen atoms in total. The lowest BCUT2D eigenvalue weighted by molar-refractivity contribution is 0.00353. The van der Waals surface area contributed by atoms with E-state index < -0.39 is 5.82 Å². The van der Waals surface area contributed by atoms with E-state index in [0.717, 1.165) is 16.8 Å². The first-order valence-corrected chi connectivity index (χ1v) is 12.7. The van der Waals surface area contributed by atoms with Crippen LogP contribution in [0.1, 0.15) is 21.6 Å². The van der Waals surface area contributed by atoms with E-state index in [2.05, 4.69) is 25.9 Å². The minimum atomic E-state index is -0.556. The van der Waals surface area contributed by atoms with Crippen molar-refractivity contribution in [2.75, 3.05) is 38.3 Å². The number of methoxy groups -OCH3 is 1. The Kier molecular flexibility index (Phi) is 8.05. The van der Waals surface area contributed by atoms with Gasteiger partial charge in [-0.25, -0.2) is 14.4 Å². The number of hydrogen-bond acceptors (Lipinski definition) is 9. The van der Waals surface area contributed by atoms with Gasteiger partial charge >= 0.3 is 0 Å². The van der Waals surface area contributed by atoms with Crippen molar-refractivity contribution in [3.05, 3.63) is 89.8 Å². The quantitative estimate of drug-likeness (QED) is 0.333. The Morgan fingerprint density at radius 2 is 2.12 bits per heavy atom. The Bertz CT molecular complexity index is 1590. The number of hydrogen-bond donors (Lipinski definition) is 1. The molecule has 0 saturated carbocycles. The summed E-state index contributed by atoms with van der Waals surface area (Å²) in [5, 5.41) is 19.3. The van der Waals surface area contributed by atoms with Gasteiger partial charge in [-0.1, -0.05) is 18.2 Å². The lowest BCUT2D eigenvalue weighted by Gasteiger charge is -2.35. The zero-order valence-electron chi connectivity index (χ0n) is 21.7. The summed E-state index contributed by atoms with van der Waals surface area (Å²) in [5.74, 6) is -0.518. The van der Waals surface area contributed by atoms with E-state index >= 15 is 0 Å². The van der Waals surface area contributed by atoms with Crippen LogP contribution >= 0.6 is 0 Å². The third kappa shape index (κ3) is 5.52. The Morgan fingerprint density at radius 1 is 1.25 bits per heavy atom. The fourth-order valence-electron chi connectivity index (χ4n) is 4.74. The molecular weight excluding hydrogens is 513 g/mol. The molecule has 1 saturated heterocycles. The molecule has 0 amide bonds. The maximum absolute atomic E-state index is 14.7. The molecule has 1 fully saturated rings. The molecule has 2 aromatic heterocycles. The summed E-state index contributed by atoms with van der Waals surface area (Å²) in [6.07, 6.45) is 4.27. The van der Waals surface area contributed by atoms with Crippen LogP contribution in [0, 0.1) is 17.1 Å². The number of benzene rings is 2. The van der Waals surface area contributed by atoms with Gasteiger partial charge in [-0.05, 0) is 41.5 Å². The lowest BCUT2D eigenvalue weighted by Crippen LogP contribution is -2.44. The molecule has 0 radical (unpaired) electrons. The Balaban J connectivity index is 1.51. The van der Waals surface area contributed by atoms with Gasteiger partial charge in [0.15, 0.2) is 11.6 Å². The molecular formula is C30H26FN5O4. The monoisotopic (exact) mass is 539 g/mol. The van der Waals surface area contributed by atoms with Crippen molar-refractivity contribution in [3.63, 3.8) is 0 Å². The number of carbonyl (C=O) groups excluding carboxylic acids is 1. The number of morpholine rings is 1. The summed E-state index contributed by atoms with van der Waals surface area (Å²) in [6, 6.07) is 15.4. The van der Waals surface area contributed by atoms with Crippen molar-refractivity contribution >= 4 is 11.5 Å². The van der Waals surface area contributed by atoms with Gasteiger partial charge in [-0.3, -0.25) is 9.78 Å². The van der Waals surface area contributed by atoms with Crippen molar-refractivity contribution in [2.45, 2.75) is 12.5 Å². The zero-order valence-corrected chi connectivity index (χ0v) is 21.7. The van der Waals surface area contributed by atoms with Crippen molar-refractivity contribution in [1.82, 2.24) is 15.0 Å². The molecule has 4 aromatic rings. The van der Waals surface area contributed by atoms with Crippen LogP contribution in [0.2, 0.25) is 0 Å². The van der Waals surface area contributed by atoms with Crippen LogP contribution in [-0.2, 0) is 11.2 Å². The van der Waals surface area contributed by atoms with Gasteiger partial charge in [0.25, 0.3) is 0 Å². The summed E-state index contributed by atoms with van der Waals surface area (Å²) >= 11 is 0. The molecule has 1 aliphatic rings. The number of ether oxygens (including phenoxy) is 2. The van der Waals surface area contributed by atoms with Crippen LogP contribution in [0.15, 0.2) is 67.1 Å². The van der Waals surface area contributed by atoms with E-state index in [1.807, 2.05) is 18.2 Å². The molecule has 1 atom stereocenters. The molecule has 0 bridgehead atoms. The molecule has 40 heavy (non-hydrogen) atoms. The largest absolute Gasteiger partial charge is 0.496 e. The summed E-state index contributed by atoms with van der Waals surface area (Å²) in [6.45, 7) is 1.28. The predicted octanol–water partition coefficient (Wildman–Crippen LogP) is 3.85. The van der Waals surface area contributed by atoms with Gasteiger partial charge in [0.05, 0.1) is 43.6 Å². The fraction of sp³-hybridized carbons (Fsp3) is 0.233. The van der Waals surface area contributed by atoms with Crippen molar-refractivity contribution < 1.29 is 23.8 Å². The molecule has 0 spiro atoms. The smallest absolute Gasteiger partial charge is 0.185 e. The zero-order chi connectivity index (χ0) is 28.1. The summed E-state index contributed by atoms with van der Waals surface area (Å²) in [7, 11) is 1.43. The highest BCUT2D eigenvalue weighted by atomic mass is 19.1. The van der Waals surface area contributed by atoms with Gasteiger partial charge in [-0.2, -0.15) is 5.26 Å². The number of ketones is 1. The maximum Gasteiger partial charge on any atom is 0.185 e. The van der Waals surface area contributed by atoms with E-state index in [4.69, 9.17) is 9.47 Å². The SMILES string of the molecule is COc1cccc(F)c1-c1nccc(C(=O)Cc2ccc(-c3cnccc3C#N)cc2N2CCO[C@H](CO)C2)n1. The predicted molar refractivity (Wildman–Crippen MR) is 145 cm³/mol. The Labute approximate surface area is 230 Å². The summed E-state index contributed by atoms with van der Waals surface area (Å²) < 4.78 is 25.6. The summed E-state index contributed by atoms with van der Waals surface area (Å²) in [5.41, 5.74) is 3.67. The molecule has 202 valence electrons. The average Bonchev–Trinajstić information content (AvgIpc) is 3.01. The topological polar surface area (TPSA) is 121 Å².